The molecule has 1 unspecified atom stereocenters. The van der Waals surface area contributed by atoms with Crippen molar-refractivity contribution in [3.05, 3.63) is 70.1 Å². The van der Waals surface area contributed by atoms with E-state index in [-0.39, 0.29) is 22.2 Å². The van der Waals surface area contributed by atoms with Gasteiger partial charge in [-0.05, 0) is 37.3 Å². The lowest BCUT2D eigenvalue weighted by atomic mass is 9.99. The third kappa shape index (κ3) is 4.50. The highest BCUT2D eigenvalue weighted by Crippen LogP contribution is 2.38. The summed E-state index contributed by atoms with van der Waals surface area (Å²) in [7, 11) is 0. The number of alkyl halides is 3. The number of anilines is 1. The van der Waals surface area contributed by atoms with E-state index in [4.69, 9.17) is 22.1 Å². The normalized spacial score (nSPS) is 17.0. The molecule has 0 saturated carbocycles. The van der Waals surface area contributed by atoms with Gasteiger partial charge in [-0.2, -0.15) is 13.2 Å². The number of aromatic nitrogens is 2. The summed E-state index contributed by atoms with van der Waals surface area (Å²) >= 11 is 5.93. The fourth-order valence-corrected chi connectivity index (χ4v) is 3.81. The molecule has 0 aliphatic carbocycles. The fourth-order valence-electron chi connectivity index (χ4n) is 3.63. The van der Waals surface area contributed by atoms with Gasteiger partial charge in [0.15, 0.2) is 11.6 Å². The van der Waals surface area contributed by atoms with Crippen molar-refractivity contribution in [2.75, 3.05) is 12.3 Å². The smallest absolute Gasteiger partial charge is 0.416 e. The molecule has 0 radical (unpaired) electrons. The van der Waals surface area contributed by atoms with Gasteiger partial charge in [-0.3, -0.25) is 4.98 Å². The van der Waals surface area contributed by atoms with Crippen LogP contribution in [0.2, 0.25) is 5.02 Å². The van der Waals surface area contributed by atoms with Gasteiger partial charge in [0.05, 0.1) is 17.4 Å². The number of nitrogen functional groups attached to an aromatic ring is 1. The lowest BCUT2D eigenvalue weighted by Gasteiger charge is -2.22. The predicted octanol–water partition coefficient (Wildman–Crippen LogP) is 4.67. The first-order valence-corrected chi connectivity index (χ1v) is 10.2. The summed E-state index contributed by atoms with van der Waals surface area (Å²) in [5.41, 5.74) is 7.73. The highest BCUT2D eigenvalue weighted by atomic mass is 35.5. The maximum atomic E-state index is 13.4. The van der Waals surface area contributed by atoms with Crippen molar-refractivity contribution < 1.29 is 23.0 Å². The number of nitrogens with zero attached hydrogens (tertiary/aromatic N) is 2. The maximum absolute atomic E-state index is 13.4. The van der Waals surface area contributed by atoms with E-state index in [2.05, 4.69) is 15.3 Å². The van der Waals surface area contributed by atoms with Crippen LogP contribution in [0.1, 0.15) is 41.5 Å². The molecule has 2 atom stereocenters. The minimum absolute atomic E-state index is 0.0336. The number of nitrogens with one attached hydrogen (secondary N) is 1. The van der Waals surface area contributed by atoms with E-state index in [1.807, 2.05) is 6.07 Å². The van der Waals surface area contributed by atoms with Crippen LogP contribution < -0.4 is 15.8 Å². The van der Waals surface area contributed by atoms with Crippen LogP contribution in [0.4, 0.5) is 19.0 Å². The van der Waals surface area contributed by atoms with Crippen molar-refractivity contribution in [1.29, 1.82) is 0 Å². The van der Waals surface area contributed by atoms with Crippen molar-refractivity contribution in [2.24, 2.45) is 0 Å². The topological polar surface area (TPSA) is 93.3 Å². The molecule has 32 heavy (non-hydrogen) atoms. The average Bonchev–Trinajstić information content (AvgIpc) is 2.74. The van der Waals surface area contributed by atoms with Crippen molar-refractivity contribution in [3.63, 3.8) is 0 Å². The van der Waals surface area contributed by atoms with Gasteiger partial charge in [0, 0.05) is 52.8 Å². The Kier molecular flexibility index (Phi) is 5.98. The Labute approximate surface area is 187 Å². The predicted molar refractivity (Wildman–Crippen MR) is 114 cm³/mol. The lowest BCUT2D eigenvalue weighted by Crippen LogP contribution is -2.28. The zero-order valence-electron chi connectivity index (χ0n) is 16.9. The Bertz CT molecular complexity index is 1160. The highest BCUT2D eigenvalue weighted by Gasteiger charge is 2.35. The van der Waals surface area contributed by atoms with Crippen LogP contribution in [0, 0.1) is 0 Å². The van der Waals surface area contributed by atoms with Crippen molar-refractivity contribution >= 4 is 17.4 Å². The molecular formula is C22H20ClF3N4O2. The molecule has 10 heteroatoms. The maximum Gasteiger partial charge on any atom is 0.416 e. The molecule has 0 bridgehead atoms. The molecule has 3 aromatic rings. The van der Waals surface area contributed by atoms with E-state index in [0.29, 0.717) is 29.8 Å². The van der Waals surface area contributed by atoms with Gasteiger partial charge in [-0.25, -0.2) is 4.98 Å². The van der Waals surface area contributed by atoms with Gasteiger partial charge >= 0.3 is 6.18 Å². The largest absolute Gasteiger partial charge is 0.482 e. The van der Waals surface area contributed by atoms with E-state index >= 15 is 0 Å². The molecule has 4 N–H and O–H groups in total. The van der Waals surface area contributed by atoms with E-state index in [1.165, 1.54) is 25.3 Å². The van der Waals surface area contributed by atoms with Crippen LogP contribution in [-0.2, 0) is 12.7 Å². The number of hydrogen-bond donors (Lipinski definition) is 3. The second-order valence-corrected chi connectivity index (χ2v) is 7.94. The number of aliphatic hydroxyl groups excluding tert-OH is 1. The molecule has 2 aromatic heterocycles. The third-order valence-electron chi connectivity index (χ3n) is 5.27. The van der Waals surface area contributed by atoms with E-state index in [1.54, 1.807) is 12.3 Å². The first kappa shape index (κ1) is 22.3. The van der Waals surface area contributed by atoms with Gasteiger partial charge in [-0.15, -0.1) is 0 Å². The summed E-state index contributed by atoms with van der Waals surface area (Å²) in [6.07, 6.45) is -3.10. The number of rotatable bonds is 4. The molecule has 0 saturated heterocycles. The van der Waals surface area contributed by atoms with Crippen molar-refractivity contribution in [2.45, 2.75) is 31.9 Å². The molecule has 1 aliphatic heterocycles. The molecule has 0 fully saturated rings. The standard InChI is InChI=1S/C22H20ClF3N4O2/c1-11(15-6-14(23)2-3-17(15)22(24,25)26)32-20-5-13(8-30-21(20)27)12-4-16-18(29-7-12)9-28-10-19(16)31/h2-8,11,19,28,31H,9-10H2,1H3,(H2,27,30)/t11-,19?/m1/s1. The van der Waals surface area contributed by atoms with Gasteiger partial charge < -0.3 is 20.9 Å². The molecular weight excluding hydrogens is 445 g/mol. The van der Waals surface area contributed by atoms with Gasteiger partial charge in [0.1, 0.15) is 6.10 Å². The van der Waals surface area contributed by atoms with Gasteiger partial charge in [0.2, 0.25) is 0 Å². The zero-order valence-corrected chi connectivity index (χ0v) is 17.7. The highest BCUT2D eigenvalue weighted by molar-refractivity contribution is 6.30. The fraction of sp³-hybridized carbons (Fsp3) is 0.273. The summed E-state index contributed by atoms with van der Waals surface area (Å²) < 4.78 is 46.1. The number of hydrogen-bond acceptors (Lipinski definition) is 6. The second-order valence-electron chi connectivity index (χ2n) is 7.50. The summed E-state index contributed by atoms with van der Waals surface area (Å²) in [5.74, 6) is 0.161. The lowest BCUT2D eigenvalue weighted by molar-refractivity contribution is -0.138. The Morgan fingerprint density at radius 2 is 1.91 bits per heavy atom. The third-order valence-corrected chi connectivity index (χ3v) is 5.50. The number of β-amino-alcohol motifs (C(OH)–C–C–N with tert-alkyl or cyclic N) is 1. The molecule has 4 rings (SSSR count). The van der Waals surface area contributed by atoms with Crippen LogP contribution in [0.3, 0.4) is 0 Å². The number of fused-ring (bicyclic) bond motifs is 1. The summed E-state index contributed by atoms with van der Waals surface area (Å²) in [5, 5.41) is 13.5. The summed E-state index contributed by atoms with van der Waals surface area (Å²) in [6.45, 7) is 2.46. The Balaban J connectivity index is 1.66. The second kappa shape index (κ2) is 8.57. The van der Waals surface area contributed by atoms with E-state index in [0.717, 1.165) is 11.8 Å². The molecule has 1 aliphatic rings. The first-order valence-electron chi connectivity index (χ1n) is 9.80. The number of halogens is 4. The quantitative estimate of drug-likeness (QED) is 0.519. The molecule has 0 spiro atoms. The van der Waals surface area contributed by atoms with Crippen LogP contribution in [0.15, 0.2) is 42.7 Å². The monoisotopic (exact) mass is 464 g/mol. The number of pyridine rings is 2. The molecule has 168 valence electrons. The first-order chi connectivity index (χ1) is 15.1. The Hall–Kier alpha value is -2.88. The molecule has 1 aromatic carbocycles. The minimum Gasteiger partial charge on any atom is -0.482 e. The van der Waals surface area contributed by atoms with Crippen molar-refractivity contribution in [1.82, 2.24) is 15.3 Å². The zero-order chi connectivity index (χ0) is 23.0. The summed E-state index contributed by atoms with van der Waals surface area (Å²) in [4.78, 5) is 8.52. The van der Waals surface area contributed by atoms with Crippen LogP contribution in [-0.4, -0.2) is 21.6 Å². The van der Waals surface area contributed by atoms with E-state index in [9.17, 15) is 18.3 Å². The van der Waals surface area contributed by atoms with Crippen molar-refractivity contribution in [3.8, 4) is 16.9 Å². The SMILES string of the molecule is C[C@@H](Oc1cc(-c2cnc3c(c2)C(O)CNC3)cnc1N)c1cc(Cl)ccc1C(F)(F)F. The number of nitrogens with two attached hydrogens (primary N) is 1. The number of ether oxygens (including phenoxy) is 1. The minimum atomic E-state index is -4.56. The summed E-state index contributed by atoms with van der Waals surface area (Å²) in [6, 6.07) is 6.74. The van der Waals surface area contributed by atoms with Gasteiger partial charge in [-0.1, -0.05) is 11.6 Å². The number of benzene rings is 1. The molecule has 0 amide bonds. The average molecular weight is 465 g/mol. The van der Waals surface area contributed by atoms with E-state index < -0.39 is 23.9 Å². The Morgan fingerprint density at radius 1 is 1.19 bits per heavy atom. The molecule has 6 nitrogen and oxygen atoms in total. The van der Waals surface area contributed by atoms with Crippen LogP contribution >= 0.6 is 11.6 Å². The number of aliphatic hydroxyl groups is 1. The molecule has 3 heterocycles. The van der Waals surface area contributed by atoms with Crippen LogP contribution in [0.5, 0.6) is 5.75 Å². The van der Waals surface area contributed by atoms with Crippen LogP contribution in [0.25, 0.3) is 11.1 Å². The van der Waals surface area contributed by atoms with Gasteiger partial charge in [0.25, 0.3) is 0 Å². The Morgan fingerprint density at radius 3 is 2.66 bits per heavy atom.